The molecule has 0 saturated heterocycles. The maximum Gasteiger partial charge on any atom is 0.157 e. The fraction of sp³-hybridized carbons (Fsp3) is 0.308. The first-order chi connectivity index (χ1) is 7.72. The molecule has 0 spiro atoms. The molecular formula is C13H16N2O. The summed E-state index contributed by atoms with van der Waals surface area (Å²) in [5.74, 6) is 0.280. The Hall–Kier alpha value is -1.77. The number of hydrogen-bond acceptors (Lipinski definition) is 2. The second kappa shape index (κ2) is 4.39. The van der Waals surface area contributed by atoms with E-state index in [1.165, 1.54) is 11.8 Å². The Kier molecular flexibility index (Phi) is 2.95. The van der Waals surface area contributed by atoms with E-state index in [0.29, 0.717) is 0 Å². The Morgan fingerprint density at radius 3 is 2.56 bits per heavy atom. The molecule has 3 nitrogen and oxygen atoms in total. The van der Waals surface area contributed by atoms with Crippen LogP contribution in [0.4, 0.5) is 0 Å². The van der Waals surface area contributed by atoms with Crippen molar-refractivity contribution in [3.8, 4) is 11.4 Å². The maximum absolute atomic E-state index is 9.70. The molecule has 0 atom stereocenters. The number of aromatic hydroxyl groups is 1. The fourth-order valence-corrected chi connectivity index (χ4v) is 1.74. The van der Waals surface area contributed by atoms with Gasteiger partial charge in [-0.15, -0.1) is 0 Å². The van der Waals surface area contributed by atoms with Crippen LogP contribution in [0.1, 0.15) is 24.6 Å². The zero-order valence-electron chi connectivity index (χ0n) is 9.64. The van der Waals surface area contributed by atoms with Gasteiger partial charge in [-0.2, -0.15) is 5.10 Å². The van der Waals surface area contributed by atoms with E-state index >= 15 is 0 Å². The lowest BCUT2D eigenvalue weighted by Crippen LogP contribution is -2.01. The van der Waals surface area contributed by atoms with Gasteiger partial charge < -0.3 is 5.11 Å². The van der Waals surface area contributed by atoms with E-state index in [1.807, 2.05) is 24.3 Å². The third kappa shape index (κ3) is 1.94. The summed E-state index contributed by atoms with van der Waals surface area (Å²) in [7, 11) is 0. The Balaban J connectivity index is 2.43. The summed E-state index contributed by atoms with van der Waals surface area (Å²) < 4.78 is 1.80. The molecule has 2 rings (SSSR count). The first-order valence-corrected chi connectivity index (χ1v) is 5.55. The monoisotopic (exact) mass is 216 g/mol. The number of nitrogens with zero attached hydrogens (tertiary/aromatic N) is 2. The molecule has 0 saturated carbocycles. The van der Waals surface area contributed by atoms with Crippen molar-refractivity contribution in [1.29, 1.82) is 0 Å². The third-order valence-electron chi connectivity index (χ3n) is 2.61. The predicted octanol–water partition coefficient (Wildman–Crippen LogP) is 2.84. The molecule has 0 aliphatic rings. The minimum Gasteiger partial charge on any atom is -0.504 e. The number of rotatable bonds is 3. The lowest BCUT2D eigenvalue weighted by molar-refractivity contribution is 0.466. The molecule has 0 amide bonds. The van der Waals surface area contributed by atoms with Crippen LogP contribution < -0.4 is 0 Å². The van der Waals surface area contributed by atoms with E-state index in [9.17, 15) is 5.11 Å². The van der Waals surface area contributed by atoms with E-state index in [1.54, 1.807) is 4.68 Å². The largest absolute Gasteiger partial charge is 0.504 e. The first kappa shape index (κ1) is 10.7. The molecule has 0 aliphatic heterocycles. The molecular weight excluding hydrogens is 200 g/mol. The summed E-state index contributed by atoms with van der Waals surface area (Å²) in [5.41, 5.74) is 3.10. The van der Waals surface area contributed by atoms with Gasteiger partial charge >= 0.3 is 0 Å². The highest BCUT2D eigenvalue weighted by Gasteiger charge is 2.09. The van der Waals surface area contributed by atoms with Crippen LogP contribution in [0.2, 0.25) is 0 Å². The summed E-state index contributed by atoms with van der Waals surface area (Å²) in [5, 5.41) is 13.9. The SMILES string of the molecule is CCCc1c(O)cnn1-c1ccc(C)cc1. The van der Waals surface area contributed by atoms with Gasteiger partial charge in [-0.3, -0.25) is 0 Å². The normalized spacial score (nSPS) is 10.6. The Morgan fingerprint density at radius 1 is 1.25 bits per heavy atom. The Morgan fingerprint density at radius 2 is 1.94 bits per heavy atom. The average molecular weight is 216 g/mol. The molecule has 0 radical (unpaired) electrons. The molecule has 1 heterocycles. The van der Waals surface area contributed by atoms with Crippen molar-refractivity contribution in [3.63, 3.8) is 0 Å². The molecule has 1 aromatic carbocycles. The van der Waals surface area contributed by atoms with Gasteiger partial charge in [0.2, 0.25) is 0 Å². The summed E-state index contributed by atoms with van der Waals surface area (Å²) in [6, 6.07) is 8.12. The zero-order chi connectivity index (χ0) is 11.5. The van der Waals surface area contributed by atoms with Crippen molar-refractivity contribution in [2.24, 2.45) is 0 Å². The number of aromatic nitrogens is 2. The Labute approximate surface area is 95.3 Å². The van der Waals surface area contributed by atoms with Crippen LogP contribution in [-0.4, -0.2) is 14.9 Å². The smallest absolute Gasteiger partial charge is 0.157 e. The van der Waals surface area contributed by atoms with Crippen molar-refractivity contribution in [1.82, 2.24) is 9.78 Å². The van der Waals surface area contributed by atoms with Gasteiger partial charge in [-0.25, -0.2) is 4.68 Å². The average Bonchev–Trinajstić information content (AvgIpc) is 2.63. The van der Waals surface area contributed by atoms with Crippen molar-refractivity contribution in [3.05, 3.63) is 41.7 Å². The van der Waals surface area contributed by atoms with Gasteiger partial charge in [0.15, 0.2) is 5.75 Å². The molecule has 0 aliphatic carbocycles. The molecule has 3 heteroatoms. The molecule has 1 aromatic heterocycles. The lowest BCUT2D eigenvalue weighted by atomic mass is 10.2. The quantitative estimate of drug-likeness (QED) is 0.856. The number of benzene rings is 1. The van der Waals surface area contributed by atoms with Crippen LogP contribution in [-0.2, 0) is 6.42 Å². The minimum absolute atomic E-state index is 0.280. The van der Waals surface area contributed by atoms with Crippen LogP contribution in [0.5, 0.6) is 5.75 Å². The van der Waals surface area contributed by atoms with Crippen molar-refractivity contribution < 1.29 is 5.11 Å². The third-order valence-corrected chi connectivity index (χ3v) is 2.61. The highest BCUT2D eigenvalue weighted by Crippen LogP contribution is 2.21. The zero-order valence-corrected chi connectivity index (χ0v) is 9.64. The van der Waals surface area contributed by atoms with Crippen LogP contribution in [0.3, 0.4) is 0 Å². The second-order valence-corrected chi connectivity index (χ2v) is 3.97. The van der Waals surface area contributed by atoms with Crippen LogP contribution in [0, 0.1) is 6.92 Å². The van der Waals surface area contributed by atoms with Crippen molar-refractivity contribution in [2.75, 3.05) is 0 Å². The lowest BCUT2D eigenvalue weighted by Gasteiger charge is -2.07. The standard InChI is InChI=1S/C13H16N2O/c1-3-4-12-13(16)9-14-15(12)11-7-5-10(2)6-8-11/h5-9,16H,3-4H2,1-2H3. The highest BCUT2D eigenvalue weighted by molar-refractivity contribution is 5.38. The van der Waals surface area contributed by atoms with Crippen LogP contribution in [0.25, 0.3) is 5.69 Å². The van der Waals surface area contributed by atoms with Gasteiger partial charge in [-0.1, -0.05) is 31.0 Å². The molecule has 0 unspecified atom stereocenters. The summed E-state index contributed by atoms with van der Waals surface area (Å²) in [6.07, 6.45) is 3.33. The number of hydrogen-bond donors (Lipinski definition) is 1. The molecule has 2 aromatic rings. The second-order valence-electron chi connectivity index (χ2n) is 3.97. The van der Waals surface area contributed by atoms with Crippen LogP contribution in [0.15, 0.2) is 30.5 Å². The van der Waals surface area contributed by atoms with E-state index in [0.717, 1.165) is 24.2 Å². The fourth-order valence-electron chi connectivity index (χ4n) is 1.74. The molecule has 1 N–H and O–H groups in total. The maximum atomic E-state index is 9.70. The summed E-state index contributed by atoms with van der Waals surface area (Å²) in [4.78, 5) is 0. The van der Waals surface area contributed by atoms with E-state index in [4.69, 9.17) is 0 Å². The van der Waals surface area contributed by atoms with Gasteiger partial charge in [0.1, 0.15) is 0 Å². The Bertz CT molecular complexity index is 471. The molecule has 0 fully saturated rings. The molecule has 84 valence electrons. The molecule has 0 bridgehead atoms. The van der Waals surface area contributed by atoms with E-state index in [2.05, 4.69) is 18.9 Å². The van der Waals surface area contributed by atoms with Crippen molar-refractivity contribution in [2.45, 2.75) is 26.7 Å². The summed E-state index contributed by atoms with van der Waals surface area (Å²) in [6.45, 7) is 4.14. The van der Waals surface area contributed by atoms with E-state index < -0.39 is 0 Å². The van der Waals surface area contributed by atoms with Gasteiger partial charge in [0, 0.05) is 0 Å². The first-order valence-electron chi connectivity index (χ1n) is 5.55. The van der Waals surface area contributed by atoms with Crippen LogP contribution >= 0.6 is 0 Å². The van der Waals surface area contributed by atoms with Gasteiger partial charge in [0.05, 0.1) is 17.6 Å². The number of aryl methyl sites for hydroxylation is 1. The summed E-state index contributed by atoms with van der Waals surface area (Å²) >= 11 is 0. The molecule has 16 heavy (non-hydrogen) atoms. The topological polar surface area (TPSA) is 38.1 Å². The highest BCUT2D eigenvalue weighted by atomic mass is 16.3. The van der Waals surface area contributed by atoms with Crippen molar-refractivity contribution >= 4 is 0 Å². The van der Waals surface area contributed by atoms with Gasteiger partial charge in [0.25, 0.3) is 0 Å². The predicted molar refractivity (Wildman–Crippen MR) is 64.0 cm³/mol. The minimum atomic E-state index is 0.280. The van der Waals surface area contributed by atoms with Gasteiger partial charge in [-0.05, 0) is 25.5 Å². The van der Waals surface area contributed by atoms with E-state index in [-0.39, 0.29) is 5.75 Å².